The second kappa shape index (κ2) is 6.44. The first-order valence-corrected chi connectivity index (χ1v) is 8.26. The van der Waals surface area contributed by atoms with E-state index < -0.39 is 44.4 Å². The lowest BCUT2D eigenvalue weighted by Crippen LogP contribution is -2.45. The number of sulfonamides is 1. The molecule has 128 valence electrons. The summed E-state index contributed by atoms with van der Waals surface area (Å²) < 4.78 is 77.6. The van der Waals surface area contributed by atoms with Crippen LogP contribution in [0, 0.1) is 5.82 Å². The highest BCUT2D eigenvalue weighted by atomic mass is 32.2. The van der Waals surface area contributed by atoms with Crippen LogP contribution in [0.15, 0.2) is 23.1 Å². The van der Waals surface area contributed by atoms with Gasteiger partial charge in [-0.1, -0.05) is 0 Å². The fourth-order valence-corrected chi connectivity index (χ4v) is 3.45. The van der Waals surface area contributed by atoms with Crippen molar-refractivity contribution in [3.63, 3.8) is 0 Å². The number of amides is 1. The lowest BCUT2D eigenvalue weighted by atomic mass is 10.1. The van der Waals surface area contributed by atoms with Crippen LogP contribution in [0.3, 0.4) is 0 Å². The summed E-state index contributed by atoms with van der Waals surface area (Å²) in [4.78, 5) is 11.0. The lowest BCUT2D eigenvalue weighted by Gasteiger charge is -2.16. The van der Waals surface area contributed by atoms with Crippen molar-refractivity contribution >= 4 is 15.9 Å². The summed E-state index contributed by atoms with van der Waals surface area (Å²) in [6.45, 7) is 0.409. The summed E-state index contributed by atoms with van der Waals surface area (Å²) in [6.07, 6.45) is -3.52. The zero-order valence-corrected chi connectivity index (χ0v) is 12.6. The molecular weight excluding hydrogens is 340 g/mol. The predicted molar refractivity (Wildman–Crippen MR) is 72.4 cm³/mol. The van der Waals surface area contributed by atoms with Gasteiger partial charge in [0.15, 0.2) is 0 Å². The highest BCUT2D eigenvalue weighted by Gasteiger charge is 2.36. The van der Waals surface area contributed by atoms with Crippen LogP contribution >= 0.6 is 0 Å². The first kappa shape index (κ1) is 17.7. The molecular formula is C13H14F4N2O3S. The van der Waals surface area contributed by atoms with Gasteiger partial charge in [0.1, 0.15) is 11.9 Å². The number of hydrogen-bond acceptors (Lipinski definition) is 3. The van der Waals surface area contributed by atoms with Crippen LogP contribution in [0.25, 0.3) is 0 Å². The van der Waals surface area contributed by atoms with Crippen molar-refractivity contribution in [1.29, 1.82) is 0 Å². The molecule has 0 aliphatic carbocycles. The van der Waals surface area contributed by atoms with Crippen LogP contribution in [0.2, 0.25) is 0 Å². The molecule has 0 radical (unpaired) electrons. The average molecular weight is 354 g/mol. The largest absolute Gasteiger partial charge is 0.419 e. The number of carbonyl (C=O) groups is 1. The van der Waals surface area contributed by atoms with Gasteiger partial charge in [-0.2, -0.15) is 17.9 Å². The zero-order valence-electron chi connectivity index (χ0n) is 11.8. The molecule has 0 spiro atoms. The topological polar surface area (TPSA) is 75.3 Å². The molecule has 1 fully saturated rings. The third-order valence-corrected chi connectivity index (χ3v) is 4.86. The van der Waals surface area contributed by atoms with Crippen molar-refractivity contribution in [3.8, 4) is 0 Å². The molecule has 23 heavy (non-hydrogen) atoms. The first-order valence-electron chi connectivity index (χ1n) is 6.78. The Morgan fingerprint density at radius 1 is 1.22 bits per heavy atom. The Balaban J connectivity index is 2.31. The molecule has 2 N–H and O–H groups in total. The van der Waals surface area contributed by atoms with E-state index in [-0.39, 0.29) is 12.5 Å². The molecule has 2 rings (SSSR count). The van der Waals surface area contributed by atoms with Crippen molar-refractivity contribution in [2.24, 2.45) is 0 Å². The van der Waals surface area contributed by atoms with Crippen molar-refractivity contribution in [3.05, 3.63) is 29.6 Å². The first-order chi connectivity index (χ1) is 10.6. The fraction of sp³-hybridized carbons (Fsp3) is 0.462. The molecule has 0 aromatic heterocycles. The van der Waals surface area contributed by atoms with E-state index in [0.29, 0.717) is 25.5 Å². The van der Waals surface area contributed by atoms with E-state index in [1.807, 2.05) is 0 Å². The second-order valence-corrected chi connectivity index (χ2v) is 6.81. The van der Waals surface area contributed by atoms with Gasteiger partial charge in [-0.05, 0) is 37.5 Å². The van der Waals surface area contributed by atoms with E-state index in [1.165, 1.54) is 0 Å². The Bertz CT molecular complexity index is 704. The highest BCUT2D eigenvalue weighted by molar-refractivity contribution is 7.89. The predicted octanol–water partition coefficient (Wildman–Crippen LogP) is 1.79. The number of rotatable bonds is 3. The molecule has 10 heteroatoms. The molecule has 1 aromatic rings. The monoisotopic (exact) mass is 354 g/mol. The van der Waals surface area contributed by atoms with Gasteiger partial charge in [-0.3, -0.25) is 4.79 Å². The normalized spacial score (nSPS) is 20.0. The van der Waals surface area contributed by atoms with Crippen LogP contribution in [-0.2, 0) is 21.0 Å². The number of benzene rings is 1. The average Bonchev–Trinajstić information content (AvgIpc) is 2.63. The number of alkyl halides is 3. The van der Waals surface area contributed by atoms with Crippen LogP contribution in [-0.4, -0.2) is 26.9 Å². The Morgan fingerprint density at radius 2 is 1.91 bits per heavy atom. The van der Waals surface area contributed by atoms with Crippen LogP contribution < -0.4 is 10.0 Å². The Morgan fingerprint density at radius 3 is 2.57 bits per heavy atom. The van der Waals surface area contributed by atoms with E-state index in [4.69, 9.17) is 0 Å². The second-order valence-electron chi connectivity index (χ2n) is 5.10. The fourth-order valence-electron chi connectivity index (χ4n) is 2.20. The van der Waals surface area contributed by atoms with Gasteiger partial charge in [0.05, 0.1) is 10.5 Å². The van der Waals surface area contributed by atoms with Gasteiger partial charge in [0.25, 0.3) is 0 Å². The number of nitrogens with one attached hydrogen (secondary N) is 2. The van der Waals surface area contributed by atoms with Gasteiger partial charge < -0.3 is 5.32 Å². The molecule has 1 aliphatic rings. The Kier molecular flexibility index (Phi) is 4.95. The summed E-state index contributed by atoms with van der Waals surface area (Å²) >= 11 is 0. The molecule has 1 heterocycles. The number of carbonyl (C=O) groups excluding carboxylic acids is 1. The van der Waals surface area contributed by atoms with Gasteiger partial charge in [0, 0.05) is 6.54 Å². The molecule has 1 atom stereocenters. The van der Waals surface area contributed by atoms with E-state index >= 15 is 0 Å². The van der Waals surface area contributed by atoms with Crippen LogP contribution in [0.4, 0.5) is 17.6 Å². The summed E-state index contributed by atoms with van der Waals surface area (Å²) in [6, 6.07) is 0.306. The van der Waals surface area contributed by atoms with E-state index in [1.54, 1.807) is 0 Å². The minimum atomic E-state index is -5.02. The summed E-state index contributed by atoms with van der Waals surface area (Å²) in [5.41, 5.74) is -1.68. The molecule has 5 nitrogen and oxygen atoms in total. The minimum absolute atomic E-state index is 0.215. The standard InChI is InChI=1S/C13H14F4N2O3S/c14-10-5-4-8(7-9(10)13(15,16)17)23(21,22)19-11-3-1-2-6-18-12(11)20/h4-5,7,11,19H,1-3,6H2,(H,18,20). The van der Waals surface area contributed by atoms with Crippen molar-refractivity contribution in [2.45, 2.75) is 36.4 Å². The quantitative estimate of drug-likeness (QED) is 0.813. The van der Waals surface area contributed by atoms with Crippen molar-refractivity contribution in [1.82, 2.24) is 10.0 Å². The van der Waals surface area contributed by atoms with Gasteiger partial charge in [0.2, 0.25) is 15.9 Å². The zero-order chi connectivity index (χ0) is 17.3. The van der Waals surface area contributed by atoms with Gasteiger partial charge >= 0.3 is 6.18 Å². The molecule has 1 amide bonds. The summed E-state index contributed by atoms with van der Waals surface area (Å²) in [7, 11) is -4.39. The molecule has 1 unspecified atom stereocenters. The Labute approximate surface area is 130 Å². The summed E-state index contributed by atoms with van der Waals surface area (Å²) in [5, 5.41) is 2.51. The molecule has 0 saturated carbocycles. The highest BCUT2D eigenvalue weighted by Crippen LogP contribution is 2.32. The number of hydrogen-bond donors (Lipinski definition) is 2. The third kappa shape index (κ3) is 4.20. The van der Waals surface area contributed by atoms with Crippen LogP contribution in [0.1, 0.15) is 24.8 Å². The maximum absolute atomic E-state index is 13.2. The third-order valence-electron chi connectivity index (χ3n) is 3.39. The molecule has 1 aliphatic heterocycles. The Hall–Kier alpha value is -1.68. The SMILES string of the molecule is O=C1NCCCCC1NS(=O)(=O)c1ccc(F)c(C(F)(F)F)c1. The molecule has 0 bridgehead atoms. The van der Waals surface area contributed by atoms with Crippen molar-refractivity contribution < 1.29 is 30.8 Å². The van der Waals surface area contributed by atoms with Gasteiger partial charge in [-0.15, -0.1) is 0 Å². The maximum Gasteiger partial charge on any atom is 0.419 e. The number of halogens is 4. The van der Waals surface area contributed by atoms with E-state index in [2.05, 4.69) is 10.0 Å². The molecule has 1 aromatic carbocycles. The maximum atomic E-state index is 13.2. The van der Waals surface area contributed by atoms with E-state index in [0.717, 1.165) is 6.07 Å². The van der Waals surface area contributed by atoms with Gasteiger partial charge in [-0.25, -0.2) is 12.8 Å². The minimum Gasteiger partial charge on any atom is -0.355 e. The smallest absolute Gasteiger partial charge is 0.355 e. The van der Waals surface area contributed by atoms with Crippen LogP contribution in [0.5, 0.6) is 0 Å². The van der Waals surface area contributed by atoms with E-state index in [9.17, 15) is 30.8 Å². The lowest BCUT2D eigenvalue weighted by molar-refractivity contribution is -0.140. The van der Waals surface area contributed by atoms with Crippen molar-refractivity contribution in [2.75, 3.05) is 6.54 Å². The summed E-state index contributed by atoms with van der Waals surface area (Å²) in [5.74, 6) is -2.10. The molecule has 1 saturated heterocycles.